The van der Waals surface area contributed by atoms with E-state index in [1.807, 2.05) is 0 Å². The summed E-state index contributed by atoms with van der Waals surface area (Å²) in [6.07, 6.45) is 5.47. The van der Waals surface area contributed by atoms with Gasteiger partial charge in [0.05, 0.1) is 5.48 Å². The highest BCUT2D eigenvalue weighted by Gasteiger charge is 1.89. The molecule has 0 rings (SSSR count). The maximum Gasteiger partial charge on any atom is 0.0709 e. The molecule has 0 heterocycles. The van der Waals surface area contributed by atoms with E-state index in [4.69, 9.17) is 0 Å². The van der Waals surface area contributed by atoms with Crippen molar-refractivity contribution in [3.05, 3.63) is 0 Å². The molecule has 0 bridgehead atoms. The van der Waals surface area contributed by atoms with E-state index in [0.29, 0.717) is 5.48 Å². The lowest BCUT2D eigenvalue weighted by atomic mass is 10.3. The van der Waals surface area contributed by atoms with Crippen molar-refractivity contribution in [1.29, 1.82) is 0 Å². The second kappa shape index (κ2) is 7.24. The lowest BCUT2D eigenvalue weighted by Gasteiger charge is -1.95. The molecule has 0 aromatic carbocycles. The Morgan fingerprint density at radius 3 is 2.50 bits per heavy atom. The fourth-order valence-corrected chi connectivity index (χ4v) is 1.45. The smallest absolute Gasteiger partial charge is 0.0709 e. The van der Waals surface area contributed by atoms with Crippen molar-refractivity contribution in [2.24, 2.45) is 0 Å². The maximum absolute atomic E-state index is 9.22. The molecule has 0 atom stereocenters. The van der Waals surface area contributed by atoms with E-state index in [1.165, 1.54) is 6.42 Å². The molecule has 0 aromatic heterocycles. The largest absolute Gasteiger partial charge is 0.361 e. The first-order valence-electron chi connectivity index (χ1n) is 4.03. The third-order valence-electron chi connectivity index (χ3n) is 1.27. The average Bonchev–Trinajstić information content (AvgIpc) is 1.97. The number of aliphatic hydroxyl groups excluding tert-OH is 1. The van der Waals surface area contributed by atoms with Crippen LogP contribution in [0.2, 0.25) is 0 Å². The lowest BCUT2D eigenvalue weighted by Crippen LogP contribution is -1.91. The summed E-state index contributed by atoms with van der Waals surface area (Å²) >= 11 is 0. The van der Waals surface area contributed by atoms with E-state index in [1.54, 1.807) is 0 Å². The van der Waals surface area contributed by atoms with Crippen molar-refractivity contribution < 1.29 is 5.11 Å². The molecule has 0 saturated heterocycles. The Kier molecular flexibility index (Phi) is 7.33. The predicted molar refractivity (Wildman–Crippen MR) is 48.5 cm³/mol. The van der Waals surface area contributed by atoms with Gasteiger partial charge in [0.2, 0.25) is 0 Å². The monoisotopic (exact) mass is 160 g/mol. The third-order valence-corrected chi connectivity index (χ3v) is 2.53. The van der Waals surface area contributed by atoms with Gasteiger partial charge in [-0.05, 0) is 25.4 Å². The highest BCUT2D eigenvalue weighted by atomic mass is 31.1. The Morgan fingerprint density at radius 2 is 2.00 bits per heavy atom. The first-order valence-corrected chi connectivity index (χ1v) is 5.11. The van der Waals surface area contributed by atoms with Gasteiger partial charge in [-0.3, -0.25) is 0 Å². The minimum atomic E-state index is 0.670. The maximum atomic E-state index is 9.22. The van der Waals surface area contributed by atoms with E-state index < -0.39 is 0 Å². The van der Waals surface area contributed by atoms with E-state index in [-0.39, 0.29) is 0 Å². The summed E-state index contributed by atoms with van der Waals surface area (Å²) in [5.41, 5.74) is 0.670. The Hall–Kier alpha value is 0.130. The summed E-state index contributed by atoms with van der Waals surface area (Å²) in [4.78, 5) is 0. The van der Waals surface area contributed by atoms with Gasteiger partial charge in [-0.25, -0.2) is 0 Å². The van der Waals surface area contributed by atoms with E-state index in [2.05, 4.69) is 13.8 Å². The molecule has 0 radical (unpaired) electrons. The Morgan fingerprint density at radius 1 is 1.30 bits per heavy atom. The summed E-state index contributed by atoms with van der Waals surface area (Å²) in [5, 5.41) is 9.22. The van der Waals surface area contributed by atoms with Gasteiger partial charge in [-0.2, -0.15) is 0 Å². The van der Waals surface area contributed by atoms with Crippen LogP contribution < -0.4 is 0 Å². The van der Waals surface area contributed by atoms with Gasteiger partial charge in [-0.1, -0.05) is 28.5 Å². The molecular formula is C8H17OP. The van der Waals surface area contributed by atoms with Gasteiger partial charge in [0.25, 0.3) is 0 Å². The van der Waals surface area contributed by atoms with Gasteiger partial charge in [0.1, 0.15) is 0 Å². The SMILES string of the molecule is CCCC/C(O)=P/CCC. The topological polar surface area (TPSA) is 20.2 Å². The van der Waals surface area contributed by atoms with E-state index >= 15 is 0 Å². The van der Waals surface area contributed by atoms with Crippen molar-refractivity contribution in [1.82, 2.24) is 0 Å². The molecule has 0 aliphatic heterocycles. The van der Waals surface area contributed by atoms with Crippen molar-refractivity contribution in [3.8, 4) is 0 Å². The van der Waals surface area contributed by atoms with Crippen molar-refractivity contribution in [3.63, 3.8) is 0 Å². The summed E-state index contributed by atoms with van der Waals surface area (Å²) in [5.74, 6) is 0. The predicted octanol–water partition coefficient (Wildman–Crippen LogP) is 3.04. The summed E-state index contributed by atoms with van der Waals surface area (Å²) in [6, 6.07) is 0. The lowest BCUT2D eigenvalue weighted by molar-refractivity contribution is 0.541. The third kappa shape index (κ3) is 6.25. The van der Waals surface area contributed by atoms with Crippen LogP contribution in [0.4, 0.5) is 0 Å². The molecule has 2 heteroatoms. The first kappa shape index (κ1) is 10.1. The molecule has 1 nitrogen and oxygen atoms in total. The number of hydrogen-bond donors (Lipinski definition) is 1. The number of aliphatic hydroxyl groups is 1. The average molecular weight is 160 g/mol. The Bertz CT molecular complexity index is 99.4. The zero-order chi connectivity index (χ0) is 7.82. The summed E-state index contributed by atoms with van der Waals surface area (Å²) < 4.78 is 0. The van der Waals surface area contributed by atoms with Crippen LogP contribution in [0.1, 0.15) is 39.5 Å². The molecule has 0 spiro atoms. The molecule has 0 fully saturated rings. The molecular weight excluding hydrogens is 143 g/mol. The normalized spacial score (nSPS) is 12.1. The summed E-state index contributed by atoms with van der Waals surface area (Å²) in [6.45, 7) is 4.28. The molecule has 0 aliphatic carbocycles. The number of unbranched alkanes of at least 4 members (excludes halogenated alkanes) is 1. The van der Waals surface area contributed by atoms with Crippen LogP contribution in [0, 0.1) is 0 Å². The second-order valence-corrected chi connectivity index (χ2v) is 3.68. The molecule has 60 valence electrons. The Balaban J connectivity index is 3.30. The van der Waals surface area contributed by atoms with Crippen molar-refractivity contribution >= 4 is 13.7 Å². The second-order valence-electron chi connectivity index (χ2n) is 2.40. The number of hydrogen-bond acceptors (Lipinski definition) is 0. The van der Waals surface area contributed by atoms with Gasteiger partial charge >= 0.3 is 0 Å². The highest BCUT2D eigenvalue weighted by molar-refractivity contribution is 7.39. The minimum absolute atomic E-state index is 0.670. The van der Waals surface area contributed by atoms with Crippen LogP contribution in [-0.4, -0.2) is 16.7 Å². The molecule has 0 aromatic rings. The van der Waals surface area contributed by atoms with Crippen molar-refractivity contribution in [2.45, 2.75) is 39.5 Å². The zero-order valence-electron chi connectivity index (χ0n) is 6.93. The zero-order valence-corrected chi connectivity index (χ0v) is 7.82. The van der Waals surface area contributed by atoms with Crippen LogP contribution in [-0.2, 0) is 0 Å². The molecule has 0 aliphatic rings. The van der Waals surface area contributed by atoms with Crippen LogP contribution in [0.25, 0.3) is 0 Å². The van der Waals surface area contributed by atoms with E-state index in [9.17, 15) is 5.11 Å². The quantitative estimate of drug-likeness (QED) is 0.613. The fraction of sp³-hybridized carbons (Fsp3) is 0.875. The van der Waals surface area contributed by atoms with Crippen molar-refractivity contribution in [2.75, 3.05) is 6.16 Å². The van der Waals surface area contributed by atoms with Crippen LogP contribution in [0.5, 0.6) is 0 Å². The minimum Gasteiger partial charge on any atom is -0.361 e. The fourth-order valence-electron chi connectivity index (χ4n) is 0.655. The van der Waals surface area contributed by atoms with Crippen LogP contribution in [0.3, 0.4) is 0 Å². The highest BCUT2D eigenvalue weighted by Crippen LogP contribution is 2.05. The molecule has 1 N–H and O–H groups in total. The van der Waals surface area contributed by atoms with E-state index in [0.717, 1.165) is 33.6 Å². The van der Waals surface area contributed by atoms with Gasteiger partial charge in [0, 0.05) is 0 Å². The molecule has 0 saturated carbocycles. The first-order chi connectivity index (χ1) is 4.81. The standard InChI is InChI=1S/C8H17OP/c1-3-5-6-8(9)10-7-4-2/h9H,3-7H2,1-2H3. The van der Waals surface area contributed by atoms with Crippen LogP contribution in [0.15, 0.2) is 0 Å². The molecule has 0 unspecified atom stereocenters. The van der Waals surface area contributed by atoms with Gasteiger partial charge < -0.3 is 5.11 Å². The molecule has 0 amide bonds. The van der Waals surface area contributed by atoms with Gasteiger partial charge in [0.15, 0.2) is 0 Å². The Labute approximate surface area is 65.3 Å². The molecule has 10 heavy (non-hydrogen) atoms. The van der Waals surface area contributed by atoms with Gasteiger partial charge in [-0.15, -0.1) is 0 Å². The number of rotatable bonds is 5. The summed E-state index contributed by atoms with van der Waals surface area (Å²) in [7, 11) is 1.14. The van der Waals surface area contributed by atoms with Crippen LogP contribution >= 0.6 is 8.20 Å².